The summed E-state index contributed by atoms with van der Waals surface area (Å²) in [4.78, 5) is 0. The van der Waals surface area contributed by atoms with Crippen molar-refractivity contribution >= 4 is 12.2 Å². The van der Waals surface area contributed by atoms with Crippen LogP contribution in [0.3, 0.4) is 0 Å². The molecule has 0 bridgehead atoms. The van der Waals surface area contributed by atoms with E-state index in [1.165, 1.54) is 22.3 Å². The molecule has 0 spiro atoms. The average Bonchev–Trinajstić information content (AvgIpc) is 2.54. The Bertz CT molecular complexity index is 722. The molecule has 0 radical (unpaired) electrons. The Morgan fingerprint density at radius 3 is 1.50 bits per heavy atom. The highest BCUT2D eigenvalue weighted by atomic mass is 14.9. The molecule has 22 heavy (non-hydrogen) atoms. The van der Waals surface area contributed by atoms with E-state index in [9.17, 15) is 0 Å². The minimum absolute atomic E-state index is 0.564. The van der Waals surface area contributed by atoms with Gasteiger partial charge in [-0.3, -0.25) is 0 Å². The van der Waals surface area contributed by atoms with Crippen LogP contribution in [0, 0.1) is 0 Å². The lowest BCUT2D eigenvalue weighted by Crippen LogP contribution is -2.67. The molecule has 2 nitrogen and oxygen atoms in total. The number of nitrogens with two attached hydrogens (primary N) is 2. The molecule has 0 saturated carbocycles. The van der Waals surface area contributed by atoms with E-state index in [2.05, 4.69) is 72.8 Å². The Balaban J connectivity index is 1.74. The summed E-state index contributed by atoms with van der Waals surface area (Å²) in [6.07, 6.45) is 9.94. The molecule has 2 aromatic carbocycles. The predicted molar refractivity (Wildman–Crippen MR) is 92.2 cm³/mol. The molecule has 2 unspecified atom stereocenters. The molecule has 0 amide bonds. The number of fused-ring (bicyclic) bond motifs is 2. The van der Waals surface area contributed by atoms with E-state index in [4.69, 9.17) is 11.5 Å². The molecule has 0 fully saturated rings. The Hall–Kier alpha value is -2.16. The topological polar surface area (TPSA) is 52.0 Å². The van der Waals surface area contributed by atoms with Crippen molar-refractivity contribution < 1.29 is 0 Å². The van der Waals surface area contributed by atoms with Gasteiger partial charge in [-0.05, 0) is 35.1 Å². The van der Waals surface area contributed by atoms with Crippen LogP contribution >= 0.6 is 0 Å². The van der Waals surface area contributed by atoms with Crippen molar-refractivity contribution in [2.75, 3.05) is 0 Å². The molecular formula is C20H20N2. The summed E-state index contributed by atoms with van der Waals surface area (Å²) in [7, 11) is 0. The Labute approximate surface area is 131 Å². The minimum atomic E-state index is -0.564. The predicted octanol–water partition coefficient (Wildman–Crippen LogP) is 2.92. The van der Waals surface area contributed by atoms with Crippen LogP contribution in [0.5, 0.6) is 0 Å². The molecular weight excluding hydrogens is 268 g/mol. The van der Waals surface area contributed by atoms with Crippen molar-refractivity contribution in [2.24, 2.45) is 11.5 Å². The van der Waals surface area contributed by atoms with Crippen LogP contribution in [0.25, 0.3) is 12.2 Å². The Morgan fingerprint density at radius 2 is 1.05 bits per heavy atom. The third-order valence-electron chi connectivity index (χ3n) is 5.06. The van der Waals surface area contributed by atoms with Crippen molar-refractivity contribution in [3.8, 4) is 0 Å². The standard InChI is InChI=1S/C20H20N2/c21-19(11-9-15-5-1-3-7-17(15)13-19)20(22)12-10-16-6-2-4-8-18(16)14-20/h1-12H,13-14,21-22H2. The molecule has 110 valence electrons. The minimum Gasteiger partial charge on any atom is -0.320 e. The molecule has 0 aromatic heterocycles. The zero-order valence-corrected chi connectivity index (χ0v) is 12.5. The maximum absolute atomic E-state index is 6.78. The van der Waals surface area contributed by atoms with Crippen LogP contribution in [0.1, 0.15) is 22.3 Å². The van der Waals surface area contributed by atoms with E-state index in [1.54, 1.807) is 0 Å². The SMILES string of the molecule is NC1(C2(N)C=Cc3ccccc3C2)C=Cc2ccccc2C1. The molecule has 4 rings (SSSR count). The Morgan fingerprint density at radius 1 is 0.636 bits per heavy atom. The van der Waals surface area contributed by atoms with Crippen molar-refractivity contribution in [3.05, 3.63) is 82.9 Å². The van der Waals surface area contributed by atoms with Gasteiger partial charge in [-0.2, -0.15) is 0 Å². The maximum atomic E-state index is 6.78. The second kappa shape index (κ2) is 4.67. The summed E-state index contributed by atoms with van der Waals surface area (Å²) in [6, 6.07) is 16.8. The quantitative estimate of drug-likeness (QED) is 0.847. The highest BCUT2D eigenvalue weighted by molar-refractivity contribution is 5.64. The Kier molecular flexibility index (Phi) is 2.86. The van der Waals surface area contributed by atoms with Gasteiger partial charge in [-0.25, -0.2) is 0 Å². The zero-order chi connectivity index (χ0) is 15.2. The number of benzene rings is 2. The van der Waals surface area contributed by atoms with Gasteiger partial charge >= 0.3 is 0 Å². The fraction of sp³-hybridized carbons (Fsp3) is 0.200. The van der Waals surface area contributed by atoms with E-state index < -0.39 is 11.1 Å². The molecule has 2 aliphatic rings. The van der Waals surface area contributed by atoms with Gasteiger partial charge in [0.15, 0.2) is 0 Å². The summed E-state index contributed by atoms with van der Waals surface area (Å²) in [5, 5.41) is 0. The first-order valence-corrected chi connectivity index (χ1v) is 7.72. The third-order valence-corrected chi connectivity index (χ3v) is 5.06. The lowest BCUT2D eigenvalue weighted by atomic mass is 9.66. The van der Waals surface area contributed by atoms with E-state index >= 15 is 0 Å². The molecule has 2 atom stereocenters. The monoisotopic (exact) mass is 288 g/mol. The first-order chi connectivity index (χ1) is 10.6. The smallest absolute Gasteiger partial charge is 0.0606 e. The van der Waals surface area contributed by atoms with Gasteiger partial charge < -0.3 is 11.5 Å². The van der Waals surface area contributed by atoms with Gasteiger partial charge in [-0.1, -0.05) is 72.8 Å². The van der Waals surface area contributed by atoms with Gasteiger partial charge in [0.05, 0.1) is 11.1 Å². The normalized spacial score (nSPS) is 29.0. The molecule has 4 N–H and O–H groups in total. The van der Waals surface area contributed by atoms with E-state index in [0.29, 0.717) is 0 Å². The van der Waals surface area contributed by atoms with Crippen LogP contribution < -0.4 is 11.5 Å². The lowest BCUT2D eigenvalue weighted by Gasteiger charge is -2.46. The van der Waals surface area contributed by atoms with Crippen LogP contribution in [0.15, 0.2) is 60.7 Å². The van der Waals surface area contributed by atoms with Gasteiger partial charge in [0, 0.05) is 0 Å². The molecule has 2 heteroatoms. The molecule has 0 saturated heterocycles. The third kappa shape index (κ3) is 1.96. The maximum Gasteiger partial charge on any atom is 0.0606 e. The summed E-state index contributed by atoms with van der Waals surface area (Å²) < 4.78 is 0. The fourth-order valence-electron chi connectivity index (χ4n) is 3.58. The van der Waals surface area contributed by atoms with Crippen molar-refractivity contribution in [1.29, 1.82) is 0 Å². The number of hydrogen-bond donors (Lipinski definition) is 2. The van der Waals surface area contributed by atoms with E-state index in [1.807, 2.05) is 0 Å². The summed E-state index contributed by atoms with van der Waals surface area (Å²) in [5.74, 6) is 0. The summed E-state index contributed by atoms with van der Waals surface area (Å²) in [6.45, 7) is 0. The van der Waals surface area contributed by atoms with Gasteiger partial charge in [0.25, 0.3) is 0 Å². The second-order valence-electron chi connectivity index (χ2n) is 6.50. The number of hydrogen-bond acceptors (Lipinski definition) is 2. The van der Waals surface area contributed by atoms with Gasteiger partial charge in [-0.15, -0.1) is 0 Å². The van der Waals surface area contributed by atoms with Crippen molar-refractivity contribution in [2.45, 2.75) is 23.9 Å². The van der Waals surface area contributed by atoms with Crippen LogP contribution in [-0.2, 0) is 12.8 Å². The first-order valence-electron chi connectivity index (χ1n) is 7.72. The zero-order valence-electron chi connectivity index (χ0n) is 12.5. The van der Waals surface area contributed by atoms with E-state index in [0.717, 1.165) is 12.8 Å². The first kappa shape index (κ1) is 13.5. The molecule has 2 aliphatic carbocycles. The van der Waals surface area contributed by atoms with Crippen LogP contribution in [0.4, 0.5) is 0 Å². The van der Waals surface area contributed by atoms with Crippen LogP contribution in [0.2, 0.25) is 0 Å². The van der Waals surface area contributed by atoms with Crippen LogP contribution in [-0.4, -0.2) is 11.1 Å². The van der Waals surface area contributed by atoms with Gasteiger partial charge in [0.1, 0.15) is 0 Å². The highest BCUT2D eigenvalue weighted by Gasteiger charge is 2.45. The molecule has 0 heterocycles. The highest BCUT2D eigenvalue weighted by Crippen LogP contribution is 2.37. The lowest BCUT2D eigenvalue weighted by molar-refractivity contribution is 0.324. The second-order valence-corrected chi connectivity index (χ2v) is 6.50. The van der Waals surface area contributed by atoms with Crippen molar-refractivity contribution in [3.63, 3.8) is 0 Å². The summed E-state index contributed by atoms with van der Waals surface area (Å²) >= 11 is 0. The molecule has 0 aliphatic heterocycles. The van der Waals surface area contributed by atoms with Gasteiger partial charge in [0.2, 0.25) is 0 Å². The fourth-order valence-corrected chi connectivity index (χ4v) is 3.58. The van der Waals surface area contributed by atoms with E-state index in [-0.39, 0.29) is 0 Å². The molecule has 2 aromatic rings. The summed E-state index contributed by atoms with van der Waals surface area (Å²) in [5.41, 5.74) is 17.4. The average molecular weight is 288 g/mol. The van der Waals surface area contributed by atoms with Crippen molar-refractivity contribution in [1.82, 2.24) is 0 Å². The largest absolute Gasteiger partial charge is 0.320 e. The number of rotatable bonds is 1.